The van der Waals surface area contributed by atoms with E-state index in [-0.39, 0.29) is 13.2 Å². The first-order valence-electron chi connectivity index (χ1n) is 11.0. The van der Waals surface area contributed by atoms with Crippen molar-refractivity contribution in [3.8, 4) is 16.9 Å². The van der Waals surface area contributed by atoms with Crippen LogP contribution in [0.1, 0.15) is 56.6 Å². The minimum absolute atomic E-state index is 0.177. The quantitative estimate of drug-likeness (QED) is 0.203. The Morgan fingerprint density at radius 1 is 1.03 bits per heavy atom. The number of rotatable bonds is 9. The molecule has 164 valence electrons. The van der Waals surface area contributed by atoms with Gasteiger partial charge in [0.1, 0.15) is 25.5 Å². The Morgan fingerprint density at radius 3 is 2.35 bits per heavy atom. The Balaban J connectivity index is 1.78. The van der Waals surface area contributed by atoms with E-state index in [2.05, 4.69) is 36.9 Å². The van der Waals surface area contributed by atoms with Gasteiger partial charge >= 0.3 is 5.97 Å². The van der Waals surface area contributed by atoms with Crippen molar-refractivity contribution < 1.29 is 14.3 Å². The van der Waals surface area contributed by atoms with Gasteiger partial charge in [-0.15, -0.1) is 0 Å². The van der Waals surface area contributed by atoms with E-state index < -0.39 is 5.97 Å². The third kappa shape index (κ3) is 6.27. The first-order chi connectivity index (χ1) is 15.0. The van der Waals surface area contributed by atoms with E-state index >= 15 is 0 Å². The molecule has 1 aliphatic carbocycles. The number of esters is 1. The van der Waals surface area contributed by atoms with Crippen LogP contribution in [0.4, 0.5) is 0 Å². The predicted octanol–water partition coefficient (Wildman–Crippen LogP) is 6.41. The zero-order chi connectivity index (χ0) is 22.2. The van der Waals surface area contributed by atoms with Gasteiger partial charge in [-0.05, 0) is 59.9 Å². The molecular weight excluding hydrogens is 390 g/mol. The molecule has 0 N–H and O–H groups in total. The first kappa shape index (κ1) is 22.7. The summed E-state index contributed by atoms with van der Waals surface area (Å²) >= 11 is 0. The van der Waals surface area contributed by atoms with Gasteiger partial charge in [0.25, 0.3) is 0 Å². The largest absolute Gasteiger partial charge is 0.490 e. The fourth-order valence-electron chi connectivity index (χ4n) is 4.03. The van der Waals surface area contributed by atoms with Crippen LogP contribution in [0.3, 0.4) is 0 Å². The summed E-state index contributed by atoms with van der Waals surface area (Å²) in [6, 6.07) is 14.2. The van der Waals surface area contributed by atoms with Gasteiger partial charge in [0.15, 0.2) is 0 Å². The Morgan fingerprint density at radius 2 is 1.71 bits per heavy atom. The maximum absolute atomic E-state index is 11.6. The second-order valence-corrected chi connectivity index (χ2v) is 8.46. The van der Waals surface area contributed by atoms with E-state index in [1.807, 2.05) is 24.3 Å². The molecule has 31 heavy (non-hydrogen) atoms. The fourth-order valence-corrected chi connectivity index (χ4v) is 4.03. The van der Waals surface area contributed by atoms with Gasteiger partial charge in [0.05, 0.1) is 0 Å². The molecule has 2 aromatic rings. The molecule has 0 radical (unpaired) electrons. The minimum Gasteiger partial charge on any atom is -0.490 e. The van der Waals surface area contributed by atoms with Crippen LogP contribution in [0.2, 0.25) is 0 Å². The molecular formula is C26H31NO4. The lowest BCUT2D eigenvalue weighted by atomic mass is 9.79. The molecule has 0 unspecified atom stereocenters. The summed E-state index contributed by atoms with van der Waals surface area (Å²) in [4.78, 5) is 22.1. The maximum Gasteiger partial charge on any atom is 0.333 e. The lowest BCUT2D eigenvalue weighted by Gasteiger charge is -2.28. The molecule has 0 amide bonds. The monoisotopic (exact) mass is 421 g/mol. The molecule has 0 aliphatic heterocycles. The minimum atomic E-state index is -0.399. The second kappa shape index (κ2) is 10.9. The average molecular weight is 422 g/mol. The molecule has 5 heteroatoms. The number of hydrogen-bond donors (Lipinski definition) is 0. The summed E-state index contributed by atoms with van der Waals surface area (Å²) in [5.41, 5.74) is 4.60. The van der Waals surface area contributed by atoms with Gasteiger partial charge in [-0.2, -0.15) is 4.91 Å². The van der Waals surface area contributed by atoms with Crippen LogP contribution in [-0.4, -0.2) is 19.2 Å². The molecule has 5 nitrogen and oxygen atoms in total. The van der Waals surface area contributed by atoms with E-state index in [0.717, 1.165) is 41.2 Å². The number of carbonyl (C=O) groups is 1. The lowest BCUT2D eigenvalue weighted by Crippen LogP contribution is -2.15. The average Bonchev–Trinajstić information content (AvgIpc) is 2.78. The van der Waals surface area contributed by atoms with E-state index in [9.17, 15) is 9.70 Å². The van der Waals surface area contributed by atoms with Gasteiger partial charge in [0.2, 0.25) is 0 Å². The van der Waals surface area contributed by atoms with Crippen LogP contribution in [0.5, 0.6) is 5.75 Å². The number of carbonyl (C=O) groups excluding carboxylic acids is 1. The Labute approximate surface area is 184 Å². The molecule has 0 atom stereocenters. The van der Waals surface area contributed by atoms with Crippen molar-refractivity contribution in [2.75, 3.05) is 13.2 Å². The summed E-state index contributed by atoms with van der Waals surface area (Å²) in [6.45, 7) is 8.20. The smallest absolute Gasteiger partial charge is 0.333 e. The predicted molar refractivity (Wildman–Crippen MR) is 123 cm³/mol. The third-order valence-corrected chi connectivity index (χ3v) is 5.93. The van der Waals surface area contributed by atoms with Crippen molar-refractivity contribution in [2.45, 2.75) is 52.0 Å². The highest BCUT2D eigenvalue weighted by Crippen LogP contribution is 2.41. The maximum atomic E-state index is 11.6. The Kier molecular flexibility index (Phi) is 7.99. The van der Waals surface area contributed by atoms with E-state index in [0.29, 0.717) is 18.1 Å². The van der Waals surface area contributed by atoms with Crippen molar-refractivity contribution in [1.29, 1.82) is 0 Å². The third-order valence-electron chi connectivity index (χ3n) is 5.93. The standard InChI is InChI=1S/C26H31NO4/c1-18(2)26(28)31-15-14-30-25-16-23(21-10-6-20(7-11-21)17-27-29)12-13-24(25)22-8-4-19(3)5-9-22/h6-7,10-13,16,19,22H,1,4-5,8-9,14-15,17H2,2-3H3. The highest BCUT2D eigenvalue weighted by molar-refractivity contribution is 5.86. The molecule has 0 saturated heterocycles. The van der Waals surface area contributed by atoms with Gasteiger partial charge in [-0.3, -0.25) is 0 Å². The summed E-state index contributed by atoms with van der Waals surface area (Å²) in [7, 11) is 0. The topological polar surface area (TPSA) is 65.0 Å². The van der Waals surface area contributed by atoms with Crippen molar-refractivity contribution in [3.05, 3.63) is 70.7 Å². The number of nitroso groups, excluding NO2 is 1. The molecule has 0 aromatic heterocycles. The Hall–Kier alpha value is -2.95. The highest BCUT2D eigenvalue weighted by atomic mass is 16.6. The SMILES string of the molecule is C=C(C)C(=O)OCCOc1cc(-c2ccc(CN=O)cc2)ccc1C1CCC(C)CC1. The molecule has 1 saturated carbocycles. The highest BCUT2D eigenvalue weighted by Gasteiger charge is 2.23. The number of ether oxygens (including phenoxy) is 2. The number of benzene rings is 2. The van der Waals surface area contributed by atoms with Crippen LogP contribution in [0, 0.1) is 10.8 Å². The van der Waals surface area contributed by atoms with Crippen molar-refractivity contribution >= 4 is 5.97 Å². The van der Waals surface area contributed by atoms with Crippen molar-refractivity contribution in [2.24, 2.45) is 11.1 Å². The van der Waals surface area contributed by atoms with Crippen LogP contribution in [0.25, 0.3) is 11.1 Å². The number of hydrogen-bond acceptors (Lipinski definition) is 5. The molecule has 1 aliphatic rings. The van der Waals surface area contributed by atoms with Crippen LogP contribution in [-0.2, 0) is 16.1 Å². The van der Waals surface area contributed by atoms with E-state index in [1.165, 1.54) is 18.4 Å². The van der Waals surface area contributed by atoms with Crippen LogP contribution >= 0.6 is 0 Å². The molecule has 0 spiro atoms. The van der Waals surface area contributed by atoms with Gasteiger partial charge < -0.3 is 9.47 Å². The summed E-state index contributed by atoms with van der Waals surface area (Å²) in [6.07, 6.45) is 4.78. The van der Waals surface area contributed by atoms with Crippen LogP contribution < -0.4 is 4.74 Å². The van der Waals surface area contributed by atoms with Crippen molar-refractivity contribution in [3.63, 3.8) is 0 Å². The van der Waals surface area contributed by atoms with E-state index in [4.69, 9.17) is 9.47 Å². The van der Waals surface area contributed by atoms with E-state index in [1.54, 1.807) is 6.92 Å². The summed E-state index contributed by atoms with van der Waals surface area (Å²) in [5.74, 6) is 1.71. The summed E-state index contributed by atoms with van der Waals surface area (Å²) in [5, 5.41) is 2.94. The fraction of sp³-hybridized carbons (Fsp3) is 0.423. The second-order valence-electron chi connectivity index (χ2n) is 8.46. The first-order valence-corrected chi connectivity index (χ1v) is 11.0. The normalized spacial score (nSPS) is 18.3. The molecule has 2 aromatic carbocycles. The Bertz CT molecular complexity index is 912. The molecule has 0 heterocycles. The molecule has 1 fully saturated rings. The van der Waals surface area contributed by atoms with Gasteiger partial charge in [-0.1, -0.05) is 67.9 Å². The molecule has 3 rings (SSSR count). The lowest BCUT2D eigenvalue weighted by molar-refractivity contribution is -0.139. The molecule has 0 bridgehead atoms. The van der Waals surface area contributed by atoms with Gasteiger partial charge in [-0.25, -0.2) is 4.79 Å². The number of nitrogens with zero attached hydrogens (tertiary/aromatic N) is 1. The van der Waals surface area contributed by atoms with Crippen LogP contribution in [0.15, 0.2) is 59.8 Å². The zero-order valence-corrected chi connectivity index (χ0v) is 18.4. The van der Waals surface area contributed by atoms with Crippen molar-refractivity contribution in [1.82, 2.24) is 0 Å². The zero-order valence-electron chi connectivity index (χ0n) is 18.4. The van der Waals surface area contributed by atoms with Gasteiger partial charge in [0, 0.05) is 5.57 Å². The summed E-state index contributed by atoms with van der Waals surface area (Å²) < 4.78 is 11.3.